The maximum Gasteiger partial charge on any atom is 0.323 e. The van der Waals surface area contributed by atoms with E-state index in [4.69, 9.17) is 0 Å². The fraction of sp³-hybridized carbons (Fsp3) is 0.385. The molecular formula is C13H15N3O2. The molecule has 0 amide bonds. The van der Waals surface area contributed by atoms with Crippen molar-refractivity contribution in [3.05, 3.63) is 36.3 Å². The van der Waals surface area contributed by atoms with Crippen LogP contribution in [0.3, 0.4) is 0 Å². The highest BCUT2D eigenvalue weighted by Crippen LogP contribution is 2.32. The first kappa shape index (κ1) is 11.2. The third-order valence-electron chi connectivity index (χ3n) is 3.64. The van der Waals surface area contributed by atoms with Crippen molar-refractivity contribution in [1.82, 2.24) is 14.7 Å². The largest absolute Gasteiger partial charge is 0.480 e. The Balaban J connectivity index is 1.75. The standard InChI is InChI=1S/C13H15N3O2/c17-12(18)13(5-3-6-13)14-8-10-9-16-7-2-1-4-11(16)15-10/h1-2,4,7,9,14H,3,5-6,8H2,(H,17,18). The van der Waals surface area contributed by atoms with Crippen LogP contribution in [-0.4, -0.2) is 26.0 Å². The van der Waals surface area contributed by atoms with Gasteiger partial charge in [0.15, 0.2) is 0 Å². The van der Waals surface area contributed by atoms with Crippen molar-refractivity contribution >= 4 is 11.6 Å². The zero-order valence-corrected chi connectivity index (χ0v) is 9.97. The van der Waals surface area contributed by atoms with Crippen LogP contribution in [0.1, 0.15) is 25.0 Å². The van der Waals surface area contributed by atoms with E-state index in [2.05, 4.69) is 10.3 Å². The van der Waals surface area contributed by atoms with Crippen molar-refractivity contribution in [1.29, 1.82) is 0 Å². The van der Waals surface area contributed by atoms with E-state index in [0.29, 0.717) is 19.4 Å². The van der Waals surface area contributed by atoms with Gasteiger partial charge in [-0.25, -0.2) is 4.98 Å². The van der Waals surface area contributed by atoms with Gasteiger partial charge in [0.05, 0.1) is 5.69 Å². The molecule has 2 heterocycles. The maximum atomic E-state index is 11.2. The van der Waals surface area contributed by atoms with Crippen molar-refractivity contribution in [3.63, 3.8) is 0 Å². The van der Waals surface area contributed by atoms with Crippen molar-refractivity contribution in [2.24, 2.45) is 0 Å². The minimum atomic E-state index is -0.752. The molecule has 1 fully saturated rings. The Morgan fingerprint density at radius 1 is 1.50 bits per heavy atom. The Labute approximate surface area is 104 Å². The maximum absolute atomic E-state index is 11.2. The number of carboxylic acid groups (broad SMARTS) is 1. The quantitative estimate of drug-likeness (QED) is 0.855. The van der Waals surface area contributed by atoms with E-state index in [1.54, 1.807) is 0 Å². The van der Waals surface area contributed by atoms with Crippen LogP contribution in [0.5, 0.6) is 0 Å². The van der Waals surface area contributed by atoms with Crippen LogP contribution in [0.15, 0.2) is 30.6 Å². The van der Waals surface area contributed by atoms with Gasteiger partial charge in [-0.1, -0.05) is 6.07 Å². The minimum Gasteiger partial charge on any atom is -0.480 e. The predicted molar refractivity (Wildman–Crippen MR) is 66.2 cm³/mol. The molecule has 0 aromatic carbocycles. The molecule has 2 N–H and O–H groups in total. The predicted octanol–water partition coefficient (Wildman–Crippen LogP) is 1.43. The molecule has 5 nitrogen and oxygen atoms in total. The van der Waals surface area contributed by atoms with Crippen LogP contribution in [0.25, 0.3) is 5.65 Å². The van der Waals surface area contributed by atoms with Crippen molar-refractivity contribution in [3.8, 4) is 0 Å². The van der Waals surface area contributed by atoms with E-state index in [0.717, 1.165) is 17.8 Å². The van der Waals surface area contributed by atoms with Gasteiger partial charge in [-0.05, 0) is 31.4 Å². The van der Waals surface area contributed by atoms with Crippen LogP contribution in [-0.2, 0) is 11.3 Å². The van der Waals surface area contributed by atoms with E-state index in [9.17, 15) is 9.90 Å². The van der Waals surface area contributed by atoms with Crippen molar-refractivity contribution < 1.29 is 9.90 Å². The lowest BCUT2D eigenvalue weighted by Gasteiger charge is -2.38. The van der Waals surface area contributed by atoms with Gasteiger partial charge >= 0.3 is 5.97 Å². The molecule has 2 aromatic heterocycles. The first-order chi connectivity index (χ1) is 8.70. The summed E-state index contributed by atoms with van der Waals surface area (Å²) in [7, 11) is 0. The summed E-state index contributed by atoms with van der Waals surface area (Å²) in [6, 6.07) is 5.81. The number of nitrogens with one attached hydrogen (secondary N) is 1. The van der Waals surface area contributed by atoms with Gasteiger partial charge in [0.25, 0.3) is 0 Å². The number of fused-ring (bicyclic) bond motifs is 1. The summed E-state index contributed by atoms with van der Waals surface area (Å²) in [4.78, 5) is 15.6. The number of carboxylic acids is 1. The Kier molecular flexibility index (Phi) is 2.56. The average molecular weight is 245 g/mol. The third kappa shape index (κ3) is 1.76. The highest BCUT2D eigenvalue weighted by molar-refractivity contribution is 5.79. The smallest absolute Gasteiger partial charge is 0.323 e. The monoisotopic (exact) mass is 245 g/mol. The number of aliphatic carboxylic acids is 1. The number of pyridine rings is 1. The van der Waals surface area contributed by atoms with Gasteiger partial charge in [-0.15, -0.1) is 0 Å². The lowest BCUT2D eigenvalue weighted by atomic mass is 9.77. The van der Waals surface area contributed by atoms with E-state index < -0.39 is 11.5 Å². The second-order valence-electron chi connectivity index (χ2n) is 4.79. The summed E-state index contributed by atoms with van der Waals surface area (Å²) < 4.78 is 1.94. The molecule has 0 saturated heterocycles. The Morgan fingerprint density at radius 3 is 2.94 bits per heavy atom. The van der Waals surface area contributed by atoms with Gasteiger partial charge in [0.2, 0.25) is 0 Å². The fourth-order valence-corrected chi connectivity index (χ4v) is 2.33. The van der Waals surface area contributed by atoms with Gasteiger partial charge in [0, 0.05) is 18.9 Å². The normalized spacial score (nSPS) is 17.6. The van der Waals surface area contributed by atoms with Gasteiger partial charge in [-0.2, -0.15) is 0 Å². The van der Waals surface area contributed by atoms with Crippen LogP contribution in [0.4, 0.5) is 0 Å². The molecule has 18 heavy (non-hydrogen) atoms. The van der Waals surface area contributed by atoms with E-state index >= 15 is 0 Å². The Morgan fingerprint density at radius 2 is 2.33 bits per heavy atom. The molecule has 0 atom stereocenters. The van der Waals surface area contributed by atoms with Crippen molar-refractivity contribution in [2.75, 3.05) is 0 Å². The SMILES string of the molecule is O=C(O)C1(NCc2cn3ccccc3n2)CCC1. The number of nitrogens with zero attached hydrogens (tertiary/aromatic N) is 2. The number of imidazole rings is 1. The number of rotatable bonds is 4. The summed E-state index contributed by atoms with van der Waals surface area (Å²) in [6.45, 7) is 0.494. The second kappa shape index (κ2) is 4.10. The molecule has 0 spiro atoms. The lowest BCUT2D eigenvalue weighted by molar-refractivity contribution is -0.148. The van der Waals surface area contributed by atoms with Crippen LogP contribution < -0.4 is 5.32 Å². The van der Waals surface area contributed by atoms with Crippen LogP contribution >= 0.6 is 0 Å². The zero-order chi connectivity index (χ0) is 12.6. The minimum absolute atomic E-state index is 0.494. The second-order valence-corrected chi connectivity index (χ2v) is 4.79. The molecule has 0 bridgehead atoms. The first-order valence-corrected chi connectivity index (χ1v) is 6.11. The highest BCUT2D eigenvalue weighted by atomic mass is 16.4. The summed E-state index contributed by atoms with van der Waals surface area (Å²) in [6.07, 6.45) is 6.24. The molecule has 2 aromatic rings. The summed E-state index contributed by atoms with van der Waals surface area (Å²) >= 11 is 0. The van der Waals surface area contributed by atoms with Crippen LogP contribution in [0.2, 0.25) is 0 Å². The van der Waals surface area contributed by atoms with E-state index in [1.165, 1.54) is 0 Å². The number of carbonyl (C=O) groups is 1. The Hall–Kier alpha value is -1.88. The highest BCUT2D eigenvalue weighted by Gasteiger charge is 2.43. The van der Waals surface area contributed by atoms with Crippen LogP contribution in [0, 0.1) is 0 Å². The topological polar surface area (TPSA) is 66.6 Å². The average Bonchev–Trinajstić information content (AvgIpc) is 2.69. The lowest BCUT2D eigenvalue weighted by Crippen LogP contribution is -2.56. The number of hydrogen-bond donors (Lipinski definition) is 2. The Bertz CT molecular complexity index is 554. The molecule has 3 rings (SSSR count). The molecule has 1 aliphatic carbocycles. The summed E-state index contributed by atoms with van der Waals surface area (Å²) in [5.74, 6) is -0.752. The van der Waals surface area contributed by atoms with E-state index in [1.807, 2.05) is 35.0 Å². The van der Waals surface area contributed by atoms with E-state index in [-0.39, 0.29) is 0 Å². The number of hydrogen-bond acceptors (Lipinski definition) is 3. The molecule has 1 aliphatic rings. The number of aromatic nitrogens is 2. The zero-order valence-electron chi connectivity index (χ0n) is 9.97. The molecule has 0 aliphatic heterocycles. The summed E-state index contributed by atoms with van der Waals surface area (Å²) in [5.41, 5.74) is 1.02. The summed E-state index contributed by atoms with van der Waals surface area (Å²) in [5, 5.41) is 12.3. The van der Waals surface area contributed by atoms with Gasteiger partial charge in [0.1, 0.15) is 11.2 Å². The molecular weight excluding hydrogens is 230 g/mol. The van der Waals surface area contributed by atoms with Gasteiger partial charge < -0.3 is 9.51 Å². The van der Waals surface area contributed by atoms with Crippen molar-refractivity contribution in [2.45, 2.75) is 31.3 Å². The third-order valence-corrected chi connectivity index (χ3v) is 3.64. The molecule has 0 unspecified atom stereocenters. The molecule has 1 saturated carbocycles. The van der Waals surface area contributed by atoms with Gasteiger partial charge in [-0.3, -0.25) is 10.1 Å². The molecule has 5 heteroatoms. The molecule has 94 valence electrons. The molecule has 0 radical (unpaired) electrons. The first-order valence-electron chi connectivity index (χ1n) is 6.11. The fourth-order valence-electron chi connectivity index (χ4n) is 2.33.